The van der Waals surface area contributed by atoms with E-state index in [1.54, 1.807) is 0 Å². The summed E-state index contributed by atoms with van der Waals surface area (Å²) in [7, 11) is 0. The Bertz CT molecular complexity index is 436. The van der Waals surface area contributed by atoms with Gasteiger partial charge < -0.3 is 10.1 Å². The summed E-state index contributed by atoms with van der Waals surface area (Å²) in [5.41, 5.74) is 3.64. The van der Waals surface area contributed by atoms with Crippen molar-refractivity contribution in [1.82, 2.24) is 5.32 Å². The first kappa shape index (κ1) is 13.1. The van der Waals surface area contributed by atoms with Crippen LogP contribution in [0.25, 0.3) is 0 Å². The van der Waals surface area contributed by atoms with E-state index < -0.39 is 0 Å². The van der Waals surface area contributed by atoms with Crippen molar-refractivity contribution in [3.05, 3.63) is 34.9 Å². The van der Waals surface area contributed by atoms with Crippen LogP contribution >= 0.6 is 0 Å². The number of amides is 1. The zero-order valence-electron chi connectivity index (χ0n) is 11.3. The Labute approximate surface area is 109 Å². The van der Waals surface area contributed by atoms with Crippen LogP contribution in [-0.4, -0.2) is 18.6 Å². The van der Waals surface area contributed by atoms with E-state index in [0.717, 1.165) is 12.8 Å². The molecule has 98 valence electrons. The van der Waals surface area contributed by atoms with Gasteiger partial charge in [0.2, 0.25) is 5.91 Å². The fourth-order valence-electron chi connectivity index (χ4n) is 2.48. The van der Waals surface area contributed by atoms with Crippen molar-refractivity contribution in [2.75, 3.05) is 6.61 Å². The van der Waals surface area contributed by atoms with Crippen molar-refractivity contribution in [2.24, 2.45) is 0 Å². The van der Waals surface area contributed by atoms with Crippen LogP contribution in [0.5, 0.6) is 0 Å². The van der Waals surface area contributed by atoms with Crippen molar-refractivity contribution in [1.29, 1.82) is 0 Å². The van der Waals surface area contributed by atoms with E-state index in [1.165, 1.54) is 16.7 Å². The zero-order chi connectivity index (χ0) is 13.1. The number of hydrogen-bond acceptors (Lipinski definition) is 2. The van der Waals surface area contributed by atoms with Crippen molar-refractivity contribution in [3.63, 3.8) is 0 Å². The summed E-state index contributed by atoms with van der Waals surface area (Å²) in [6, 6.07) is 6.34. The van der Waals surface area contributed by atoms with Gasteiger partial charge in [0.05, 0.1) is 6.04 Å². The first-order valence-electron chi connectivity index (χ1n) is 6.57. The van der Waals surface area contributed by atoms with Crippen LogP contribution in [-0.2, 0) is 9.53 Å². The lowest BCUT2D eigenvalue weighted by Crippen LogP contribution is -2.36. The number of aryl methyl sites for hydroxylation is 2. The van der Waals surface area contributed by atoms with E-state index in [4.69, 9.17) is 4.74 Å². The lowest BCUT2D eigenvalue weighted by Gasteiger charge is -2.19. The van der Waals surface area contributed by atoms with Gasteiger partial charge >= 0.3 is 0 Å². The Balaban J connectivity index is 2.02. The molecule has 0 radical (unpaired) electrons. The first-order valence-corrected chi connectivity index (χ1v) is 6.57. The Morgan fingerprint density at radius 3 is 2.83 bits per heavy atom. The average molecular weight is 247 g/mol. The minimum atomic E-state index is -0.252. The highest BCUT2D eigenvalue weighted by atomic mass is 16.5. The Morgan fingerprint density at radius 2 is 2.22 bits per heavy atom. The van der Waals surface area contributed by atoms with Crippen molar-refractivity contribution < 1.29 is 9.53 Å². The predicted octanol–water partition coefficient (Wildman–Crippen LogP) is 2.66. The molecule has 1 saturated heterocycles. The Morgan fingerprint density at radius 1 is 1.44 bits per heavy atom. The number of benzene rings is 1. The summed E-state index contributed by atoms with van der Waals surface area (Å²) < 4.78 is 5.39. The van der Waals surface area contributed by atoms with Gasteiger partial charge in [-0.25, -0.2) is 0 Å². The normalized spacial score (nSPS) is 20.7. The third-order valence-electron chi connectivity index (χ3n) is 3.47. The molecule has 1 amide bonds. The molecule has 2 rings (SSSR count). The summed E-state index contributed by atoms with van der Waals surface area (Å²) in [6.07, 6.45) is 1.57. The molecule has 0 bridgehead atoms. The summed E-state index contributed by atoms with van der Waals surface area (Å²) in [5, 5.41) is 3.03. The molecule has 0 unspecified atom stereocenters. The number of carbonyl (C=O) groups excluding carboxylic acids is 1. The minimum absolute atomic E-state index is 0.0139. The summed E-state index contributed by atoms with van der Waals surface area (Å²) in [6.45, 7) is 6.88. The molecule has 3 heteroatoms. The molecule has 0 aromatic heterocycles. The highest BCUT2D eigenvalue weighted by molar-refractivity contribution is 5.81. The van der Waals surface area contributed by atoms with Gasteiger partial charge in [-0.05, 0) is 44.7 Å². The lowest BCUT2D eigenvalue weighted by atomic mass is 10.00. The van der Waals surface area contributed by atoms with E-state index >= 15 is 0 Å². The van der Waals surface area contributed by atoms with E-state index in [1.807, 2.05) is 6.92 Å². The average Bonchev–Trinajstić information content (AvgIpc) is 2.81. The van der Waals surface area contributed by atoms with Gasteiger partial charge in [-0.15, -0.1) is 0 Å². The maximum Gasteiger partial charge on any atom is 0.249 e. The molecule has 1 fully saturated rings. The van der Waals surface area contributed by atoms with Gasteiger partial charge in [0.25, 0.3) is 0 Å². The molecule has 1 heterocycles. The van der Waals surface area contributed by atoms with Gasteiger partial charge in [-0.3, -0.25) is 4.79 Å². The summed E-state index contributed by atoms with van der Waals surface area (Å²) >= 11 is 0. The fraction of sp³-hybridized carbons (Fsp3) is 0.533. The monoisotopic (exact) mass is 247 g/mol. The first-order chi connectivity index (χ1) is 8.58. The molecular formula is C15H21NO2. The number of carbonyl (C=O) groups is 1. The number of hydrogen-bond donors (Lipinski definition) is 1. The molecule has 1 aromatic rings. The number of rotatable bonds is 3. The molecule has 0 spiro atoms. The van der Waals surface area contributed by atoms with E-state index in [2.05, 4.69) is 37.4 Å². The SMILES string of the molecule is Cc1ccc([C@H](C)NC(=O)[C@H]2CCCO2)c(C)c1. The van der Waals surface area contributed by atoms with Crippen LogP contribution in [0.2, 0.25) is 0 Å². The van der Waals surface area contributed by atoms with Crippen LogP contribution in [0.15, 0.2) is 18.2 Å². The molecule has 0 aliphatic carbocycles. The highest BCUT2D eigenvalue weighted by Gasteiger charge is 2.25. The number of nitrogens with one attached hydrogen (secondary N) is 1. The maximum absolute atomic E-state index is 12.0. The molecule has 3 nitrogen and oxygen atoms in total. The van der Waals surface area contributed by atoms with E-state index in [9.17, 15) is 4.79 Å². The molecule has 2 atom stereocenters. The van der Waals surface area contributed by atoms with E-state index in [0.29, 0.717) is 6.61 Å². The van der Waals surface area contributed by atoms with Gasteiger partial charge in [0, 0.05) is 6.61 Å². The van der Waals surface area contributed by atoms with Crippen LogP contribution in [0.4, 0.5) is 0 Å². The van der Waals surface area contributed by atoms with Gasteiger partial charge in [-0.2, -0.15) is 0 Å². The fourth-order valence-corrected chi connectivity index (χ4v) is 2.48. The van der Waals surface area contributed by atoms with Crippen LogP contribution in [0.3, 0.4) is 0 Å². The molecule has 0 saturated carbocycles. The largest absolute Gasteiger partial charge is 0.368 e. The quantitative estimate of drug-likeness (QED) is 0.891. The third-order valence-corrected chi connectivity index (χ3v) is 3.47. The molecule has 1 aliphatic rings. The molecular weight excluding hydrogens is 226 g/mol. The smallest absolute Gasteiger partial charge is 0.249 e. The lowest BCUT2D eigenvalue weighted by molar-refractivity contribution is -0.130. The van der Waals surface area contributed by atoms with Crippen LogP contribution in [0.1, 0.15) is 42.5 Å². The standard InChI is InChI=1S/C15H21NO2/c1-10-6-7-13(11(2)9-10)12(3)16-15(17)14-5-4-8-18-14/h6-7,9,12,14H,4-5,8H2,1-3H3,(H,16,17)/t12-,14+/m0/s1. The predicted molar refractivity (Wildman–Crippen MR) is 71.4 cm³/mol. The molecule has 1 aromatic carbocycles. The van der Waals surface area contributed by atoms with Gasteiger partial charge in [-0.1, -0.05) is 23.8 Å². The summed E-state index contributed by atoms with van der Waals surface area (Å²) in [4.78, 5) is 12.0. The molecule has 18 heavy (non-hydrogen) atoms. The van der Waals surface area contributed by atoms with Crippen molar-refractivity contribution in [2.45, 2.75) is 45.8 Å². The second-order valence-corrected chi connectivity index (χ2v) is 5.09. The number of ether oxygens (including phenoxy) is 1. The second-order valence-electron chi connectivity index (χ2n) is 5.09. The Hall–Kier alpha value is -1.35. The maximum atomic E-state index is 12.0. The van der Waals surface area contributed by atoms with Gasteiger partial charge in [0.1, 0.15) is 6.10 Å². The molecule has 1 N–H and O–H groups in total. The van der Waals surface area contributed by atoms with Crippen LogP contribution < -0.4 is 5.32 Å². The second kappa shape index (κ2) is 5.53. The van der Waals surface area contributed by atoms with Crippen molar-refractivity contribution in [3.8, 4) is 0 Å². The zero-order valence-corrected chi connectivity index (χ0v) is 11.3. The topological polar surface area (TPSA) is 38.3 Å². The van der Waals surface area contributed by atoms with Gasteiger partial charge in [0.15, 0.2) is 0 Å². The van der Waals surface area contributed by atoms with Crippen molar-refractivity contribution >= 4 is 5.91 Å². The Kier molecular flexibility index (Phi) is 4.02. The minimum Gasteiger partial charge on any atom is -0.368 e. The van der Waals surface area contributed by atoms with E-state index in [-0.39, 0.29) is 18.1 Å². The molecule has 1 aliphatic heterocycles. The van der Waals surface area contributed by atoms with Crippen LogP contribution in [0, 0.1) is 13.8 Å². The highest BCUT2D eigenvalue weighted by Crippen LogP contribution is 2.20. The third kappa shape index (κ3) is 2.91. The summed E-state index contributed by atoms with van der Waals surface area (Å²) in [5.74, 6) is 0.0139.